The van der Waals surface area contributed by atoms with Gasteiger partial charge in [0.2, 0.25) is 5.91 Å². The van der Waals surface area contributed by atoms with E-state index in [1.165, 1.54) is 4.90 Å². The van der Waals surface area contributed by atoms with E-state index in [1.807, 2.05) is 14.0 Å². The molecule has 2 N–H and O–H groups in total. The molecule has 1 rings (SSSR count). The van der Waals surface area contributed by atoms with Crippen LogP contribution in [0.4, 0.5) is 0 Å². The highest BCUT2D eigenvalue weighted by Crippen LogP contribution is 2.16. The summed E-state index contributed by atoms with van der Waals surface area (Å²) < 4.78 is 0. The van der Waals surface area contributed by atoms with Gasteiger partial charge in [-0.1, -0.05) is 32.4 Å². The number of nitrogens with two attached hydrogens (primary N) is 1. The van der Waals surface area contributed by atoms with Crippen LogP contribution < -0.4 is 5.73 Å². The van der Waals surface area contributed by atoms with Gasteiger partial charge in [0, 0.05) is 18.5 Å². The fraction of sp³-hybridized carbons (Fsp3) is 0.533. The lowest BCUT2D eigenvalue weighted by molar-refractivity contribution is -0.132. The Morgan fingerprint density at radius 1 is 1.37 bits per heavy atom. The molecule has 0 unspecified atom stereocenters. The van der Waals surface area contributed by atoms with Crippen molar-refractivity contribution in [3.8, 4) is 0 Å². The quantitative estimate of drug-likeness (QED) is 0.815. The summed E-state index contributed by atoms with van der Waals surface area (Å²) in [6.07, 6.45) is 2.97. The van der Waals surface area contributed by atoms with Gasteiger partial charge in [-0.05, 0) is 29.9 Å². The Kier molecular flexibility index (Phi) is 6.38. The third-order valence-corrected chi connectivity index (χ3v) is 4.24. The third-order valence-electron chi connectivity index (χ3n) is 3.50. The number of likely N-dealkylation sites (N-methyl/N-ethyl adjacent to an activating group) is 1. The lowest BCUT2D eigenvalue weighted by atomic mass is 9.99. The first-order valence-corrected chi connectivity index (χ1v) is 7.85. The van der Waals surface area contributed by atoms with Gasteiger partial charge in [0.05, 0.1) is 6.04 Å². The third kappa shape index (κ3) is 4.55. The molecule has 3 nitrogen and oxygen atoms in total. The molecule has 0 heterocycles. The summed E-state index contributed by atoms with van der Waals surface area (Å²) in [5, 5.41) is 0. The molecule has 1 aromatic carbocycles. The average Bonchev–Trinajstić information content (AvgIpc) is 2.45. The predicted octanol–water partition coefficient (Wildman–Crippen LogP) is 2.74. The standard InChI is InChI=1S/C15H24N2OS/c1-5-11(2)14(16)15(18)17(3)10-12-6-8-13(19-4)9-7-12/h6-9,11,14H,5,10,16H2,1-4H3/t11-,14-/m0/s1. The second kappa shape index (κ2) is 7.56. The number of nitrogens with zero attached hydrogens (tertiary/aromatic N) is 1. The highest BCUT2D eigenvalue weighted by atomic mass is 32.2. The highest BCUT2D eigenvalue weighted by molar-refractivity contribution is 7.98. The van der Waals surface area contributed by atoms with Crippen LogP contribution in [0.1, 0.15) is 25.8 Å². The molecule has 106 valence electrons. The summed E-state index contributed by atoms with van der Waals surface area (Å²) in [7, 11) is 1.81. The summed E-state index contributed by atoms with van der Waals surface area (Å²) in [6.45, 7) is 4.68. The van der Waals surface area contributed by atoms with Gasteiger partial charge in [-0.25, -0.2) is 0 Å². The maximum absolute atomic E-state index is 12.2. The van der Waals surface area contributed by atoms with Crippen molar-refractivity contribution in [3.05, 3.63) is 29.8 Å². The fourth-order valence-electron chi connectivity index (χ4n) is 1.83. The van der Waals surface area contributed by atoms with Crippen molar-refractivity contribution in [2.24, 2.45) is 11.7 Å². The molecule has 2 atom stereocenters. The zero-order chi connectivity index (χ0) is 14.4. The SMILES string of the molecule is CC[C@H](C)[C@H](N)C(=O)N(C)Cc1ccc(SC)cc1. The van der Waals surface area contributed by atoms with Crippen LogP contribution in [0.2, 0.25) is 0 Å². The number of amides is 1. The molecule has 0 bridgehead atoms. The molecule has 0 aliphatic rings. The van der Waals surface area contributed by atoms with Crippen molar-refractivity contribution in [2.45, 2.75) is 37.8 Å². The number of thioether (sulfide) groups is 1. The zero-order valence-corrected chi connectivity index (χ0v) is 13.0. The lowest BCUT2D eigenvalue weighted by Gasteiger charge is -2.24. The van der Waals surface area contributed by atoms with Crippen LogP contribution in [0.25, 0.3) is 0 Å². The van der Waals surface area contributed by atoms with Crippen molar-refractivity contribution in [1.29, 1.82) is 0 Å². The van der Waals surface area contributed by atoms with Crippen molar-refractivity contribution in [3.63, 3.8) is 0 Å². The Labute approximate surface area is 120 Å². The molecule has 1 aromatic rings. The van der Waals surface area contributed by atoms with Crippen LogP contribution in [0, 0.1) is 5.92 Å². The first kappa shape index (κ1) is 16.1. The fourth-order valence-corrected chi connectivity index (χ4v) is 2.24. The smallest absolute Gasteiger partial charge is 0.239 e. The minimum atomic E-state index is -0.402. The van der Waals surface area contributed by atoms with E-state index in [2.05, 4.69) is 37.4 Å². The average molecular weight is 280 g/mol. The van der Waals surface area contributed by atoms with Crippen molar-refractivity contribution < 1.29 is 4.79 Å². The van der Waals surface area contributed by atoms with Gasteiger partial charge in [-0.15, -0.1) is 11.8 Å². The Hall–Kier alpha value is -1.00. The molecular formula is C15H24N2OS. The predicted molar refractivity (Wildman–Crippen MR) is 82.1 cm³/mol. The van der Waals surface area contributed by atoms with Crippen molar-refractivity contribution in [2.75, 3.05) is 13.3 Å². The van der Waals surface area contributed by atoms with Gasteiger partial charge < -0.3 is 10.6 Å². The summed E-state index contributed by atoms with van der Waals surface area (Å²) in [4.78, 5) is 15.1. The summed E-state index contributed by atoms with van der Waals surface area (Å²) >= 11 is 1.71. The van der Waals surface area contributed by atoms with E-state index in [4.69, 9.17) is 5.73 Å². The lowest BCUT2D eigenvalue weighted by Crippen LogP contribution is -2.45. The molecule has 4 heteroatoms. The van der Waals surface area contributed by atoms with Crippen LogP contribution in [0.5, 0.6) is 0 Å². The van der Waals surface area contributed by atoms with E-state index in [-0.39, 0.29) is 11.8 Å². The monoisotopic (exact) mass is 280 g/mol. The molecule has 0 aliphatic heterocycles. The van der Waals surface area contributed by atoms with E-state index in [0.29, 0.717) is 6.54 Å². The van der Waals surface area contributed by atoms with E-state index >= 15 is 0 Å². The van der Waals surface area contributed by atoms with Gasteiger partial charge in [0.25, 0.3) is 0 Å². The number of hydrogen-bond donors (Lipinski definition) is 1. The minimum Gasteiger partial charge on any atom is -0.340 e. The molecule has 19 heavy (non-hydrogen) atoms. The molecule has 1 amide bonds. The molecule has 0 aromatic heterocycles. The van der Waals surface area contributed by atoms with Crippen LogP contribution in [-0.2, 0) is 11.3 Å². The topological polar surface area (TPSA) is 46.3 Å². The van der Waals surface area contributed by atoms with Gasteiger partial charge >= 0.3 is 0 Å². The van der Waals surface area contributed by atoms with Gasteiger partial charge in [-0.2, -0.15) is 0 Å². The van der Waals surface area contributed by atoms with E-state index in [0.717, 1.165) is 12.0 Å². The molecule has 0 aliphatic carbocycles. The molecule has 0 fully saturated rings. The largest absolute Gasteiger partial charge is 0.340 e. The van der Waals surface area contributed by atoms with Crippen LogP contribution >= 0.6 is 11.8 Å². The Balaban J connectivity index is 2.62. The molecular weight excluding hydrogens is 256 g/mol. The second-order valence-corrected chi connectivity index (χ2v) is 5.83. The van der Waals surface area contributed by atoms with E-state index in [1.54, 1.807) is 16.7 Å². The number of carbonyl (C=O) groups excluding carboxylic acids is 1. The molecule has 0 saturated heterocycles. The normalized spacial score (nSPS) is 13.9. The number of benzene rings is 1. The molecule has 0 spiro atoms. The summed E-state index contributed by atoms with van der Waals surface area (Å²) in [5.74, 6) is 0.233. The molecule has 0 saturated carbocycles. The summed E-state index contributed by atoms with van der Waals surface area (Å²) in [6, 6.07) is 7.87. The summed E-state index contributed by atoms with van der Waals surface area (Å²) in [5.41, 5.74) is 7.11. The first-order valence-electron chi connectivity index (χ1n) is 6.63. The van der Waals surface area contributed by atoms with Gasteiger partial charge in [0.15, 0.2) is 0 Å². The van der Waals surface area contributed by atoms with Crippen LogP contribution in [0.15, 0.2) is 29.2 Å². The second-order valence-electron chi connectivity index (χ2n) is 4.95. The number of hydrogen-bond acceptors (Lipinski definition) is 3. The van der Waals surface area contributed by atoms with Gasteiger partial charge in [-0.3, -0.25) is 4.79 Å². The Morgan fingerprint density at radius 2 is 1.95 bits per heavy atom. The van der Waals surface area contributed by atoms with Gasteiger partial charge in [0.1, 0.15) is 0 Å². The first-order chi connectivity index (χ1) is 8.99. The Bertz CT molecular complexity index is 405. The van der Waals surface area contributed by atoms with Crippen LogP contribution in [0.3, 0.4) is 0 Å². The number of rotatable bonds is 6. The molecule has 0 radical (unpaired) electrons. The highest BCUT2D eigenvalue weighted by Gasteiger charge is 2.22. The van der Waals surface area contributed by atoms with E-state index < -0.39 is 6.04 Å². The van der Waals surface area contributed by atoms with Crippen LogP contribution in [-0.4, -0.2) is 30.2 Å². The minimum absolute atomic E-state index is 0.0169. The van der Waals surface area contributed by atoms with Crippen molar-refractivity contribution >= 4 is 17.7 Å². The zero-order valence-electron chi connectivity index (χ0n) is 12.2. The number of carbonyl (C=O) groups is 1. The van der Waals surface area contributed by atoms with Crippen molar-refractivity contribution in [1.82, 2.24) is 4.90 Å². The maximum atomic E-state index is 12.2. The maximum Gasteiger partial charge on any atom is 0.239 e. The van der Waals surface area contributed by atoms with E-state index in [9.17, 15) is 4.79 Å². The Morgan fingerprint density at radius 3 is 2.42 bits per heavy atom.